The van der Waals surface area contributed by atoms with Gasteiger partial charge in [0, 0.05) is 13.9 Å². The van der Waals surface area contributed by atoms with Crippen molar-refractivity contribution in [3.63, 3.8) is 0 Å². The summed E-state index contributed by atoms with van der Waals surface area (Å²) in [6.45, 7) is 0. The van der Waals surface area contributed by atoms with Gasteiger partial charge < -0.3 is 0 Å². The summed E-state index contributed by atoms with van der Waals surface area (Å²) in [5.74, 6) is 0. The van der Waals surface area contributed by atoms with E-state index < -0.39 is 0 Å². The lowest BCUT2D eigenvalue weighted by Gasteiger charge is -2.34. The van der Waals surface area contributed by atoms with Crippen molar-refractivity contribution in [3.05, 3.63) is 0 Å². The maximum absolute atomic E-state index is 2.41. The third-order valence-electron chi connectivity index (χ3n) is 2.47. The van der Waals surface area contributed by atoms with E-state index in [0.717, 1.165) is 5.66 Å². The van der Waals surface area contributed by atoms with Crippen LogP contribution in [0.25, 0.3) is 0 Å². The lowest BCUT2D eigenvalue weighted by Crippen LogP contribution is -2.23. The van der Waals surface area contributed by atoms with Crippen LogP contribution in [-0.2, 0) is 0 Å². The molecule has 0 unspecified atom stereocenters. The Morgan fingerprint density at radius 3 is 1.67 bits per heavy atom. The van der Waals surface area contributed by atoms with Crippen LogP contribution in [0.3, 0.4) is 0 Å². The molecule has 0 aromatic rings. The van der Waals surface area contributed by atoms with Crippen LogP contribution in [-0.4, -0.2) is 43.2 Å². The molecule has 3 heteroatoms. The van der Waals surface area contributed by atoms with Crippen molar-refractivity contribution < 1.29 is 0 Å². The molecule has 1 aliphatic rings. The summed E-state index contributed by atoms with van der Waals surface area (Å²) < 4.78 is 4.82. The Morgan fingerprint density at radius 1 is 0.917 bits per heavy atom. The highest BCUT2D eigenvalue weighted by atomic mass is 31.1. The van der Waals surface area contributed by atoms with E-state index in [4.69, 9.17) is 0 Å². The predicted octanol–water partition coefficient (Wildman–Crippen LogP) is 2.36. The van der Waals surface area contributed by atoms with Crippen LogP contribution in [0.1, 0.15) is 25.7 Å². The molecule has 0 radical (unpaired) electrons. The molecule has 72 valence electrons. The molecule has 0 atom stereocenters. The van der Waals surface area contributed by atoms with Gasteiger partial charge in [0.05, 0.1) is 0 Å². The molecular weight excluding hydrogens is 167 g/mol. The van der Waals surface area contributed by atoms with Gasteiger partial charge in [-0.3, -0.25) is 9.34 Å². The minimum absolute atomic E-state index is 0.0131. The standard InChI is InChI=1S/C9H21N2P/c1-10(2)12(11(3)4)9-7-5-6-8-9/h9H,5-8H2,1-4H3. The fourth-order valence-corrected chi connectivity index (χ4v) is 5.00. The maximum Gasteiger partial charge on any atom is 0.0416 e. The summed E-state index contributed by atoms with van der Waals surface area (Å²) >= 11 is 0. The van der Waals surface area contributed by atoms with Crippen LogP contribution in [0.5, 0.6) is 0 Å². The molecule has 0 amide bonds. The van der Waals surface area contributed by atoms with Crippen LogP contribution in [0.4, 0.5) is 0 Å². The molecule has 0 heterocycles. The smallest absolute Gasteiger partial charge is 0.0416 e. The normalized spacial score (nSPS) is 20.2. The van der Waals surface area contributed by atoms with E-state index in [1.165, 1.54) is 25.7 Å². The minimum Gasteiger partial charge on any atom is -0.276 e. The molecule has 0 aromatic heterocycles. The van der Waals surface area contributed by atoms with Crippen LogP contribution < -0.4 is 0 Å². The summed E-state index contributed by atoms with van der Waals surface area (Å²) in [5, 5.41) is 0. The van der Waals surface area contributed by atoms with Crippen LogP contribution in [0.15, 0.2) is 0 Å². The van der Waals surface area contributed by atoms with E-state index in [1.54, 1.807) is 0 Å². The van der Waals surface area contributed by atoms with Crippen molar-refractivity contribution in [3.8, 4) is 0 Å². The van der Waals surface area contributed by atoms with Gasteiger partial charge in [0.15, 0.2) is 0 Å². The third kappa shape index (κ3) is 2.42. The molecule has 1 saturated carbocycles. The topological polar surface area (TPSA) is 6.48 Å². The average Bonchev–Trinajstić information content (AvgIpc) is 2.37. The highest BCUT2D eigenvalue weighted by Gasteiger charge is 2.27. The summed E-state index contributed by atoms with van der Waals surface area (Å²) in [6.07, 6.45) is 5.79. The predicted molar refractivity (Wildman–Crippen MR) is 56.6 cm³/mol. The van der Waals surface area contributed by atoms with Crippen molar-refractivity contribution in [2.45, 2.75) is 31.3 Å². The van der Waals surface area contributed by atoms with Crippen molar-refractivity contribution in [2.75, 3.05) is 28.2 Å². The summed E-state index contributed by atoms with van der Waals surface area (Å²) in [6, 6.07) is 0. The lowest BCUT2D eigenvalue weighted by molar-refractivity contribution is 0.554. The van der Waals surface area contributed by atoms with Crippen molar-refractivity contribution in [1.29, 1.82) is 0 Å². The van der Waals surface area contributed by atoms with Gasteiger partial charge in [0.2, 0.25) is 0 Å². The SMILES string of the molecule is CN(C)P(C1CCCC1)N(C)C. The molecule has 0 spiro atoms. The second-order valence-corrected chi connectivity index (χ2v) is 6.92. The Morgan fingerprint density at radius 2 is 1.33 bits per heavy atom. The fraction of sp³-hybridized carbons (Fsp3) is 1.00. The van der Waals surface area contributed by atoms with E-state index in [0.29, 0.717) is 0 Å². The highest BCUT2D eigenvalue weighted by molar-refractivity contribution is 7.53. The molecule has 1 rings (SSSR count). The molecular formula is C9H21N2P. The van der Waals surface area contributed by atoms with Gasteiger partial charge in [-0.25, -0.2) is 0 Å². The summed E-state index contributed by atoms with van der Waals surface area (Å²) in [4.78, 5) is 0. The van der Waals surface area contributed by atoms with E-state index in [9.17, 15) is 0 Å². The first-order chi connectivity index (χ1) is 5.63. The van der Waals surface area contributed by atoms with Gasteiger partial charge in [-0.05, 0) is 41.0 Å². The zero-order chi connectivity index (χ0) is 9.14. The van der Waals surface area contributed by atoms with Crippen LogP contribution in [0, 0.1) is 0 Å². The van der Waals surface area contributed by atoms with Gasteiger partial charge in [-0.1, -0.05) is 12.8 Å². The second kappa shape index (κ2) is 4.55. The van der Waals surface area contributed by atoms with E-state index in [2.05, 4.69) is 37.5 Å². The maximum atomic E-state index is 2.41. The van der Waals surface area contributed by atoms with Gasteiger partial charge in [0.1, 0.15) is 0 Å². The van der Waals surface area contributed by atoms with Crippen molar-refractivity contribution in [2.24, 2.45) is 0 Å². The minimum atomic E-state index is -0.0131. The molecule has 1 aliphatic carbocycles. The second-order valence-electron chi connectivity index (χ2n) is 3.95. The van der Waals surface area contributed by atoms with Crippen molar-refractivity contribution >= 4 is 8.22 Å². The van der Waals surface area contributed by atoms with E-state index in [-0.39, 0.29) is 8.22 Å². The zero-order valence-electron chi connectivity index (χ0n) is 8.75. The zero-order valence-corrected chi connectivity index (χ0v) is 9.64. The number of rotatable bonds is 3. The van der Waals surface area contributed by atoms with Crippen molar-refractivity contribution in [1.82, 2.24) is 9.34 Å². The van der Waals surface area contributed by atoms with Gasteiger partial charge in [0.25, 0.3) is 0 Å². The van der Waals surface area contributed by atoms with E-state index in [1.807, 2.05) is 0 Å². The van der Waals surface area contributed by atoms with Gasteiger partial charge in [-0.2, -0.15) is 0 Å². The molecule has 2 nitrogen and oxygen atoms in total. The summed E-state index contributed by atoms with van der Waals surface area (Å²) in [7, 11) is 8.84. The first-order valence-corrected chi connectivity index (χ1v) is 6.08. The molecule has 12 heavy (non-hydrogen) atoms. The van der Waals surface area contributed by atoms with Crippen LogP contribution >= 0.6 is 8.22 Å². The third-order valence-corrected chi connectivity index (χ3v) is 5.28. The van der Waals surface area contributed by atoms with Crippen LogP contribution in [0.2, 0.25) is 0 Å². The monoisotopic (exact) mass is 188 g/mol. The molecule has 0 bridgehead atoms. The first kappa shape index (κ1) is 10.4. The quantitative estimate of drug-likeness (QED) is 0.627. The molecule has 1 fully saturated rings. The lowest BCUT2D eigenvalue weighted by atomic mass is 10.4. The number of nitrogens with zero attached hydrogens (tertiary/aromatic N) is 2. The molecule has 0 N–H and O–H groups in total. The fourth-order valence-electron chi connectivity index (χ4n) is 2.15. The largest absolute Gasteiger partial charge is 0.276 e. The Labute approximate surface area is 77.8 Å². The average molecular weight is 188 g/mol. The highest BCUT2D eigenvalue weighted by Crippen LogP contribution is 2.51. The number of hydrogen-bond acceptors (Lipinski definition) is 2. The summed E-state index contributed by atoms with van der Waals surface area (Å²) in [5.41, 5.74) is 0.963. The Kier molecular flexibility index (Phi) is 3.95. The Balaban J connectivity index is 2.52. The Hall–Kier alpha value is 0.350. The van der Waals surface area contributed by atoms with E-state index >= 15 is 0 Å². The van der Waals surface area contributed by atoms with Gasteiger partial charge >= 0.3 is 0 Å². The van der Waals surface area contributed by atoms with Gasteiger partial charge in [-0.15, -0.1) is 0 Å². The Bertz CT molecular complexity index is 122. The number of hydrogen-bond donors (Lipinski definition) is 0. The first-order valence-electron chi connectivity index (χ1n) is 4.76. The molecule has 0 saturated heterocycles. The molecule has 0 aliphatic heterocycles. The molecule has 0 aromatic carbocycles.